The Labute approximate surface area is 181 Å². The van der Waals surface area contributed by atoms with Crippen molar-refractivity contribution in [2.24, 2.45) is 5.10 Å². The average molecular weight is 422 g/mol. The lowest BCUT2D eigenvalue weighted by Crippen LogP contribution is -2.32. The van der Waals surface area contributed by atoms with Gasteiger partial charge in [-0.1, -0.05) is 63.2 Å². The van der Waals surface area contributed by atoms with Gasteiger partial charge in [0, 0.05) is 24.2 Å². The first-order chi connectivity index (χ1) is 14.3. The van der Waals surface area contributed by atoms with E-state index in [1.165, 1.54) is 10.2 Å². The first-order valence-corrected chi connectivity index (χ1v) is 10.4. The summed E-state index contributed by atoms with van der Waals surface area (Å²) in [5.74, 6) is 0. The number of hydrogen-bond acceptors (Lipinski definition) is 5. The molecule has 0 saturated heterocycles. The van der Waals surface area contributed by atoms with Gasteiger partial charge in [-0.25, -0.2) is 0 Å². The van der Waals surface area contributed by atoms with Gasteiger partial charge < -0.3 is 4.90 Å². The maximum Gasteiger partial charge on any atom is 0.297 e. The van der Waals surface area contributed by atoms with Crippen molar-refractivity contribution in [3.63, 3.8) is 0 Å². The fourth-order valence-corrected chi connectivity index (χ4v) is 3.25. The number of aromatic nitrogens is 3. The van der Waals surface area contributed by atoms with E-state index >= 15 is 0 Å². The van der Waals surface area contributed by atoms with Crippen LogP contribution >= 0.6 is 12.2 Å². The van der Waals surface area contributed by atoms with Crippen molar-refractivity contribution in [1.29, 1.82) is 0 Å². The normalized spacial score (nSPS) is 11.7. The summed E-state index contributed by atoms with van der Waals surface area (Å²) in [6, 6.07) is 18.5. The fourth-order valence-electron chi connectivity index (χ4n) is 3.07. The Morgan fingerprint density at radius 1 is 1.13 bits per heavy atom. The lowest BCUT2D eigenvalue weighted by atomic mass is 9.93. The Hall–Kier alpha value is -3.06. The molecular formula is C23H27N5OS. The average Bonchev–Trinajstić information content (AvgIpc) is 2.72. The molecule has 0 fully saturated rings. The van der Waals surface area contributed by atoms with Crippen molar-refractivity contribution in [2.75, 3.05) is 11.4 Å². The summed E-state index contributed by atoms with van der Waals surface area (Å²) in [5.41, 5.74) is 2.96. The Bertz CT molecular complexity index is 1130. The first-order valence-electron chi connectivity index (χ1n) is 9.95. The van der Waals surface area contributed by atoms with Crippen LogP contribution in [0.5, 0.6) is 0 Å². The van der Waals surface area contributed by atoms with Crippen LogP contribution in [0, 0.1) is 4.77 Å². The predicted octanol–water partition coefficient (Wildman–Crippen LogP) is 4.51. The van der Waals surface area contributed by atoms with Crippen molar-refractivity contribution in [2.45, 2.75) is 39.7 Å². The zero-order valence-corrected chi connectivity index (χ0v) is 18.6. The van der Waals surface area contributed by atoms with Gasteiger partial charge in [0.25, 0.3) is 5.56 Å². The molecule has 0 spiro atoms. The molecule has 0 aliphatic heterocycles. The second kappa shape index (κ2) is 9.17. The van der Waals surface area contributed by atoms with Crippen LogP contribution in [0.1, 0.15) is 44.5 Å². The predicted molar refractivity (Wildman–Crippen MR) is 125 cm³/mol. The van der Waals surface area contributed by atoms with Gasteiger partial charge in [-0.15, -0.1) is 0 Å². The molecule has 3 aromatic rings. The lowest BCUT2D eigenvalue weighted by molar-refractivity contribution is 0.529. The van der Waals surface area contributed by atoms with Crippen LogP contribution in [-0.4, -0.2) is 27.6 Å². The topological polar surface area (TPSA) is 66.3 Å². The minimum atomic E-state index is -0.405. The third-order valence-electron chi connectivity index (χ3n) is 4.74. The van der Waals surface area contributed by atoms with Gasteiger partial charge in [0.15, 0.2) is 0 Å². The summed E-state index contributed by atoms with van der Waals surface area (Å²) in [6.45, 7) is 9.67. The number of aromatic amines is 1. The molecule has 0 aliphatic rings. The van der Waals surface area contributed by atoms with Crippen LogP contribution in [0.3, 0.4) is 0 Å². The van der Waals surface area contributed by atoms with Crippen molar-refractivity contribution < 1.29 is 0 Å². The van der Waals surface area contributed by atoms with Crippen LogP contribution < -0.4 is 10.5 Å². The summed E-state index contributed by atoms with van der Waals surface area (Å²) >= 11 is 5.19. The van der Waals surface area contributed by atoms with E-state index in [1.807, 2.05) is 39.0 Å². The van der Waals surface area contributed by atoms with Crippen LogP contribution in [0.15, 0.2) is 64.5 Å². The van der Waals surface area contributed by atoms with Crippen LogP contribution in [0.2, 0.25) is 0 Å². The molecule has 1 N–H and O–H groups in total. The molecule has 0 amide bonds. The van der Waals surface area contributed by atoms with E-state index in [-0.39, 0.29) is 10.3 Å². The van der Waals surface area contributed by atoms with Crippen molar-refractivity contribution >= 4 is 24.1 Å². The smallest absolute Gasteiger partial charge is 0.297 e. The summed E-state index contributed by atoms with van der Waals surface area (Å²) in [7, 11) is 0. The molecule has 0 saturated carbocycles. The highest BCUT2D eigenvalue weighted by Gasteiger charge is 2.21. The zero-order chi connectivity index (χ0) is 21.7. The quantitative estimate of drug-likeness (QED) is 0.470. The van der Waals surface area contributed by atoms with Crippen molar-refractivity contribution in [3.05, 3.63) is 86.5 Å². The van der Waals surface area contributed by atoms with E-state index < -0.39 is 5.41 Å². The lowest BCUT2D eigenvalue weighted by Gasteiger charge is -2.23. The van der Waals surface area contributed by atoms with Crippen LogP contribution in [-0.2, 0) is 12.0 Å². The molecular weight excluding hydrogens is 394 g/mol. The third-order valence-corrected chi connectivity index (χ3v) is 5.00. The standard InChI is InChI=1S/C23H27N5OS/c1-5-27(16-18-9-7-6-8-10-18)19-13-11-17(12-14-19)15-24-28-21(29)20(23(2,3)4)25-26-22(28)30/h6-15H,5,16H2,1-4H3,(H,26,30)/b24-15-. The van der Waals surface area contributed by atoms with Gasteiger partial charge in [0.2, 0.25) is 4.77 Å². The third kappa shape index (κ3) is 5.10. The molecule has 1 aromatic heterocycles. The van der Waals surface area contributed by atoms with Gasteiger partial charge in [-0.3, -0.25) is 9.89 Å². The maximum absolute atomic E-state index is 12.7. The van der Waals surface area contributed by atoms with E-state index in [1.54, 1.807) is 6.21 Å². The molecule has 0 atom stereocenters. The molecule has 7 heteroatoms. The number of nitrogens with one attached hydrogen (secondary N) is 1. The zero-order valence-electron chi connectivity index (χ0n) is 17.8. The minimum absolute atomic E-state index is 0.167. The number of H-pyrrole nitrogens is 1. The first kappa shape index (κ1) is 21.6. The summed E-state index contributed by atoms with van der Waals surface area (Å²) in [4.78, 5) is 15.0. The SMILES string of the molecule is CCN(Cc1ccccc1)c1ccc(/C=N\n2c(=S)[nH]nc(C(C)(C)C)c2=O)cc1. The minimum Gasteiger partial charge on any atom is -0.367 e. The largest absolute Gasteiger partial charge is 0.367 e. The van der Waals surface area contributed by atoms with Gasteiger partial charge in [-0.05, 0) is 42.4 Å². The molecule has 156 valence electrons. The summed E-state index contributed by atoms with van der Waals surface area (Å²) in [6.07, 6.45) is 1.63. The van der Waals surface area contributed by atoms with E-state index in [9.17, 15) is 4.79 Å². The van der Waals surface area contributed by atoms with Crippen molar-refractivity contribution in [1.82, 2.24) is 14.9 Å². The number of nitrogens with zero attached hydrogens (tertiary/aromatic N) is 4. The van der Waals surface area contributed by atoms with Gasteiger partial charge >= 0.3 is 0 Å². The summed E-state index contributed by atoms with van der Waals surface area (Å²) < 4.78 is 1.35. The van der Waals surface area contributed by atoms with Crippen molar-refractivity contribution in [3.8, 4) is 0 Å². The molecule has 30 heavy (non-hydrogen) atoms. The highest BCUT2D eigenvalue weighted by atomic mass is 32.1. The molecule has 6 nitrogen and oxygen atoms in total. The van der Waals surface area contributed by atoms with E-state index in [0.29, 0.717) is 5.69 Å². The second-order valence-corrected chi connectivity index (χ2v) is 8.47. The second-order valence-electron chi connectivity index (χ2n) is 8.08. The van der Waals surface area contributed by atoms with Gasteiger partial charge in [0.1, 0.15) is 5.69 Å². The molecule has 3 rings (SSSR count). The van der Waals surface area contributed by atoms with Crippen LogP contribution in [0.25, 0.3) is 0 Å². The number of benzene rings is 2. The highest BCUT2D eigenvalue weighted by molar-refractivity contribution is 7.71. The maximum atomic E-state index is 12.7. The molecule has 1 heterocycles. The Balaban J connectivity index is 1.81. The Kier molecular flexibility index (Phi) is 6.62. The van der Waals surface area contributed by atoms with Gasteiger partial charge in [0.05, 0.1) is 6.21 Å². The van der Waals surface area contributed by atoms with Crippen LogP contribution in [0.4, 0.5) is 5.69 Å². The number of anilines is 1. The molecule has 0 radical (unpaired) electrons. The molecule has 0 aliphatic carbocycles. The summed E-state index contributed by atoms with van der Waals surface area (Å²) in [5, 5.41) is 11.1. The molecule has 0 bridgehead atoms. The Morgan fingerprint density at radius 3 is 2.40 bits per heavy atom. The molecule has 2 aromatic carbocycles. The van der Waals surface area contributed by atoms with E-state index in [0.717, 1.165) is 24.3 Å². The fraction of sp³-hybridized carbons (Fsp3) is 0.304. The highest BCUT2D eigenvalue weighted by Crippen LogP contribution is 2.18. The molecule has 0 unspecified atom stereocenters. The number of hydrogen-bond donors (Lipinski definition) is 1. The monoisotopic (exact) mass is 421 g/mol. The number of rotatable bonds is 6. The van der Waals surface area contributed by atoms with Gasteiger partial charge in [-0.2, -0.15) is 14.9 Å². The van der Waals surface area contributed by atoms with E-state index in [4.69, 9.17) is 12.2 Å². The Morgan fingerprint density at radius 2 is 1.80 bits per heavy atom. The van der Waals surface area contributed by atoms with E-state index in [2.05, 4.69) is 63.5 Å².